The van der Waals surface area contributed by atoms with Crippen molar-refractivity contribution >= 4 is 32.2 Å². The van der Waals surface area contributed by atoms with E-state index in [0.29, 0.717) is 23.0 Å². The van der Waals surface area contributed by atoms with Crippen molar-refractivity contribution in [3.63, 3.8) is 0 Å². The number of pyridine rings is 1. The van der Waals surface area contributed by atoms with E-state index in [9.17, 15) is 18.3 Å². The SMILES string of the molecule is CN(C)CCS(=O)(=O)c1ccc2c(C(=O)[O-])c3ccccn3c2c1.[Na+]. The number of carbonyl (C=O) groups is 1. The molecule has 0 radical (unpaired) electrons. The van der Waals surface area contributed by atoms with Crippen LogP contribution in [0.1, 0.15) is 10.4 Å². The van der Waals surface area contributed by atoms with E-state index in [1.165, 1.54) is 18.2 Å². The Morgan fingerprint density at radius 1 is 1.16 bits per heavy atom. The van der Waals surface area contributed by atoms with Crippen LogP contribution in [0.15, 0.2) is 47.5 Å². The fraction of sp³-hybridized carbons (Fsp3) is 0.235. The summed E-state index contributed by atoms with van der Waals surface area (Å²) in [6.07, 6.45) is 1.71. The molecule has 0 saturated heterocycles. The molecule has 6 nitrogen and oxygen atoms in total. The van der Waals surface area contributed by atoms with Crippen LogP contribution in [0, 0.1) is 0 Å². The third-order valence-electron chi connectivity index (χ3n) is 3.98. The predicted molar refractivity (Wildman–Crippen MR) is 89.8 cm³/mol. The van der Waals surface area contributed by atoms with Crippen LogP contribution in [0.4, 0.5) is 0 Å². The van der Waals surface area contributed by atoms with Gasteiger partial charge in [0, 0.05) is 23.7 Å². The van der Waals surface area contributed by atoms with Gasteiger partial charge in [-0.05, 0) is 38.4 Å². The second kappa shape index (κ2) is 7.47. The number of aromatic carboxylic acids is 1. The van der Waals surface area contributed by atoms with Crippen molar-refractivity contribution in [1.29, 1.82) is 0 Å². The summed E-state index contributed by atoms with van der Waals surface area (Å²) in [5, 5.41) is 12.0. The van der Waals surface area contributed by atoms with Gasteiger partial charge in [0.1, 0.15) is 0 Å². The predicted octanol–water partition coefficient (Wildman–Crippen LogP) is -2.20. The molecule has 25 heavy (non-hydrogen) atoms. The molecule has 0 bridgehead atoms. The summed E-state index contributed by atoms with van der Waals surface area (Å²) in [5.41, 5.74) is 1.09. The molecule has 0 atom stereocenters. The van der Waals surface area contributed by atoms with E-state index in [1.807, 2.05) is 14.1 Å². The smallest absolute Gasteiger partial charge is 0.545 e. The number of hydrogen-bond donors (Lipinski definition) is 0. The summed E-state index contributed by atoms with van der Waals surface area (Å²) in [7, 11) is 0.177. The second-order valence-corrected chi connectivity index (χ2v) is 8.03. The van der Waals surface area contributed by atoms with Crippen LogP contribution in [0.3, 0.4) is 0 Å². The molecule has 0 aliphatic rings. The van der Waals surface area contributed by atoms with Gasteiger partial charge in [-0.1, -0.05) is 12.1 Å². The molecule has 0 saturated carbocycles. The van der Waals surface area contributed by atoms with Crippen molar-refractivity contribution in [3.05, 3.63) is 48.2 Å². The van der Waals surface area contributed by atoms with Crippen molar-refractivity contribution in [2.75, 3.05) is 26.4 Å². The average molecular weight is 368 g/mol. The van der Waals surface area contributed by atoms with E-state index in [2.05, 4.69) is 0 Å². The van der Waals surface area contributed by atoms with Gasteiger partial charge in [0.2, 0.25) is 0 Å². The Balaban J connectivity index is 0.00000225. The molecular weight excluding hydrogens is 351 g/mol. The summed E-state index contributed by atoms with van der Waals surface area (Å²) in [5.74, 6) is -1.28. The third kappa shape index (κ3) is 3.75. The minimum absolute atomic E-state index is 0. The van der Waals surface area contributed by atoms with Crippen LogP contribution in [-0.4, -0.2) is 50.1 Å². The Morgan fingerprint density at radius 2 is 1.88 bits per heavy atom. The van der Waals surface area contributed by atoms with Gasteiger partial charge in [0.15, 0.2) is 9.84 Å². The maximum Gasteiger partial charge on any atom is 1.00 e. The minimum atomic E-state index is -3.44. The Labute approximate surface area is 168 Å². The van der Waals surface area contributed by atoms with Crippen LogP contribution < -0.4 is 34.7 Å². The fourth-order valence-electron chi connectivity index (χ4n) is 2.75. The van der Waals surface area contributed by atoms with E-state index in [0.717, 1.165) is 0 Å². The maximum atomic E-state index is 12.5. The first-order chi connectivity index (χ1) is 11.3. The molecular formula is C17H17N2NaO4S. The Bertz CT molecular complexity index is 1040. The van der Waals surface area contributed by atoms with Gasteiger partial charge in [-0.2, -0.15) is 0 Å². The van der Waals surface area contributed by atoms with Gasteiger partial charge >= 0.3 is 29.6 Å². The van der Waals surface area contributed by atoms with Crippen molar-refractivity contribution in [3.8, 4) is 0 Å². The molecule has 2 aromatic heterocycles. The van der Waals surface area contributed by atoms with Crippen molar-refractivity contribution in [2.45, 2.75) is 4.90 Å². The zero-order chi connectivity index (χ0) is 17.5. The Kier molecular flexibility index (Phi) is 5.96. The van der Waals surface area contributed by atoms with Crippen molar-refractivity contribution in [2.24, 2.45) is 0 Å². The second-order valence-electron chi connectivity index (χ2n) is 5.92. The molecule has 0 fully saturated rings. The molecule has 3 aromatic rings. The zero-order valence-electron chi connectivity index (χ0n) is 14.4. The quantitative estimate of drug-likeness (QED) is 0.477. The van der Waals surface area contributed by atoms with E-state index < -0.39 is 15.8 Å². The first-order valence-corrected chi connectivity index (χ1v) is 9.08. The standard InChI is InChI=1S/C17H18N2O4S.Na/c1-18(2)9-10-24(22,23)12-6-7-13-15(11-12)19-8-4-3-5-14(19)16(13)17(20)21;/h3-8,11H,9-10H2,1-2H3,(H,20,21);/q;+1/p-1. The molecule has 0 aliphatic heterocycles. The summed E-state index contributed by atoms with van der Waals surface area (Å²) in [4.78, 5) is 13.5. The zero-order valence-corrected chi connectivity index (χ0v) is 17.2. The summed E-state index contributed by atoms with van der Waals surface area (Å²) < 4.78 is 26.7. The number of carbonyl (C=O) groups excluding carboxylic acids is 1. The van der Waals surface area contributed by atoms with Crippen molar-refractivity contribution < 1.29 is 47.9 Å². The third-order valence-corrected chi connectivity index (χ3v) is 5.68. The Hall–Kier alpha value is -1.38. The number of fused-ring (bicyclic) bond motifs is 3. The molecule has 8 heteroatoms. The molecule has 1 aromatic carbocycles. The van der Waals surface area contributed by atoms with Crippen LogP contribution in [0.25, 0.3) is 16.4 Å². The summed E-state index contributed by atoms with van der Waals surface area (Å²) >= 11 is 0. The first-order valence-electron chi connectivity index (χ1n) is 7.43. The maximum absolute atomic E-state index is 12.5. The van der Waals surface area contributed by atoms with E-state index in [1.54, 1.807) is 33.7 Å². The molecule has 0 aliphatic carbocycles. The van der Waals surface area contributed by atoms with E-state index in [-0.39, 0.29) is 45.8 Å². The van der Waals surface area contributed by atoms with Crippen LogP contribution in [-0.2, 0) is 9.84 Å². The molecule has 3 rings (SSSR count). The topological polar surface area (TPSA) is 81.9 Å². The number of carboxylic acid groups (broad SMARTS) is 1. The number of carboxylic acids is 1. The molecule has 0 unspecified atom stereocenters. The van der Waals surface area contributed by atoms with Crippen LogP contribution in [0.2, 0.25) is 0 Å². The van der Waals surface area contributed by atoms with Crippen LogP contribution in [0.5, 0.6) is 0 Å². The van der Waals surface area contributed by atoms with Gasteiger partial charge in [0.25, 0.3) is 0 Å². The first kappa shape index (κ1) is 19.9. The molecule has 126 valence electrons. The molecule has 0 amide bonds. The Morgan fingerprint density at radius 3 is 2.52 bits per heavy atom. The van der Waals surface area contributed by atoms with Crippen LogP contribution >= 0.6 is 0 Å². The molecule has 2 heterocycles. The summed E-state index contributed by atoms with van der Waals surface area (Å²) in [6, 6.07) is 9.69. The van der Waals surface area contributed by atoms with E-state index in [4.69, 9.17) is 0 Å². The number of nitrogens with zero attached hydrogens (tertiary/aromatic N) is 2. The monoisotopic (exact) mass is 368 g/mol. The van der Waals surface area contributed by atoms with Crippen molar-refractivity contribution in [1.82, 2.24) is 9.30 Å². The number of benzene rings is 1. The van der Waals surface area contributed by atoms with E-state index >= 15 is 0 Å². The molecule has 0 N–H and O–H groups in total. The largest absolute Gasteiger partial charge is 1.00 e. The number of rotatable bonds is 5. The number of aromatic nitrogens is 1. The normalized spacial score (nSPS) is 11.8. The van der Waals surface area contributed by atoms with Gasteiger partial charge in [0.05, 0.1) is 27.7 Å². The van der Waals surface area contributed by atoms with Gasteiger partial charge < -0.3 is 19.2 Å². The van der Waals surface area contributed by atoms with Gasteiger partial charge in [-0.15, -0.1) is 0 Å². The van der Waals surface area contributed by atoms with Gasteiger partial charge in [-0.25, -0.2) is 8.42 Å². The molecule has 0 spiro atoms. The number of sulfone groups is 1. The minimum Gasteiger partial charge on any atom is -0.545 e. The van der Waals surface area contributed by atoms with Gasteiger partial charge in [-0.3, -0.25) is 0 Å². The number of hydrogen-bond acceptors (Lipinski definition) is 5. The average Bonchev–Trinajstić information content (AvgIpc) is 2.87. The summed E-state index contributed by atoms with van der Waals surface area (Å²) in [6.45, 7) is 0.416. The fourth-order valence-corrected chi connectivity index (χ4v) is 4.15.